The zero-order valence-corrected chi connectivity index (χ0v) is 6.87. The third-order valence-corrected chi connectivity index (χ3v) is 1.91. The Morgan fingerprint density at radius 3 is 2.45 bits per heavy atom. The van der Waals surface area contributed by atoms with Crippen molar-refractivity contribution in [2.45, 2.75) is 18.9 Å². The molecule has 0 fully saturated rings. The highest BCUT2D eigenvalue weighted by atomic mass is 31.2. The van der Waals surface area contributed by atoms with Gasteiger partial charge in [-0.3, -0.25) is 4.79 Å². The van der Waals surface area contributed by atoms with Crippen LogP contribution in [0.5, 0.6) is 0 Å². The molecular weight excluding hydrogens is 169 g/mol. The molecule has 6 heteroatoms. The molecule has 0 aliphatic carbocycles. The summed E-state index contributed by atoms with van der Waals surface area (Å²) in [5, 5.41) is 8.30. The van der Waals surface area contributed by atoms with Crippen molar-refractivity contribution in [1.29, 1.82) is 0 Å². The van der Waals surface area contributed by atoms with Crippen molar-refractivity contribution in [2.24, 2.45) is 5.73 Å². The molecule has 5 nitrogen and oxygen atoms in total. The Labute approximate surface area is 65.8 Å². The highest BCUT2D eigenvalue weighted by molar-refractivity contribution is 7.45. The fraction of sp³-hybridized carbons (Fsp3) is 0.800. The molecular formula is C5H12NO4P. The lowest BCUT2D eigenvalue weighted by atomic mass is 10.2. The minimum Gasteiger partial charge on any atom is -0.480 e. The second-order valence-corrected chi connectivity index (χ2v) is 3.37. The average molecular weight is 181 g/mol. The molecule has 0 bridgehead atoms. The lowest BCUT2D eigenvalue weighted by Gasteiger charge is -2.05. The number of carboxylic acid groups (broad SMARTS) is 1. The van der Waals surface area contributed by atoms with Gasteiger partial charge in [-0.2, -0.15) is 0 Å². The van der Waals surface area contributed by atoms with Gasteiger partial charge in [0.15, 0.2) is 8.38 Å². The molecule has 0 aliphatic heterocycles. The average Bonchev–Trinajstić information content (AvgIpc) is 1.86. The van der Waals surface area contributed by atoms with Gasteiger partial charge in [0.05, 0.1) is 0 Å². The van der Waals surface area contributed by atoms with Gasteiger partial charge in [0, 0.05) is 6.16 Å². The number of hydrogen-bond donors (Lipinski definition) is 4. The van der Waals surface area contributed by atoms with Crippen molar-refractivity contribution in [3.63, 3.8) is 0 Å². The molecule has 1 atom stereocenters. The molecule has 66 valence electrons. The molecule has 0 aromatic carbocycles. The Morgan fingerprint density at radius 1 is 1.55 bits per heavy atom. The van der Waals surface area contributed by atoms with E-state index in [-0.39, 0.29) is 12.6 Å². The Bertz CT molecular complexity index is 130. The van der Waals surface area contributed by atoms with Crippen LogP contribution in [0, 0.1) is 0 Å². The summed E-state index contributed by atoms with van der Waals surface area (Å²) in [6.07, 6.45) is 0.956. The fourth-order valence-corrected chi connectivity index (χ4v) is 1.04. The lowest BCUT2D eigenvalue weighted by Crippen LogP contribution is -2.29. The summed E-state index contributed by atoms with van der Waals surface area (Å²) in [4.78, 5) is 27.0. The molecule has 0 amide bonds. The predicted octanol–water partition coefficient (Wildman–Crippen LogP) is -0.525. The summed E-state index contributed by atoms with van der Waals surface area (Å²) < 4.78 is 0. The van der Waals surface area contributed by atoms with Crippen molar-refractivity contribution < 1.29 is 19.7 Å². The second-order valence-electron chi connectivity index (χ2n) is 2.18. The third-order valence-electron chi connectivity index (χ3n) is 1.19. The van der Waals surface area contributed by atoms with Crippen molar-refractivity contribution in [2.75, 3.05) is 6.16 Å². The van der Waals surface area contributed by atoms with Crippen LogP contribution in [0.25, 0.3) is 0 Å². The van der Waals surface area contributed by atoms with Gasteiger partial charge in [-0.15, -0.1) is 0 Å². The monoisotopic (exact) mass is 181 g/mol. The normalized spacial score (nSPS) is 13.5. The summed E-state index contributed by atoms with van der Waals surface area (Å²) in [5.74, 6) is -1.05. The maximum Gasteiger partial charge on any atom is 0.320 e. The summed E-state index contributed by atoms with van der Waals surface area (Å²) in [7, 11) is -1.90. The van der Waals surface area contributed by atoms with Crippen LogP contribution >= 0.6 is 8.38 Å². The van der Waals surface area contributed by atoms with E-state index in [0.717, 1.165) is 0 Å². The van der Waals surface area contributed by atoms with E-state index < -0.39 is 20.4 Å². The van der Waals surface area contributed by atoms with E-state index >= 15 is 0 Å². The number of rotatable bonds is 5. The first-order valence-corrected chi connectivity index (χ1v) is 4.61. The van der Waals surface area contributed by atoms with Crippen molar-refractivity contribution in [3.05, 3.63) is 0 Å². The van der Waals surface area contributed by atoms with Gasteiger partial charge < -0.3 is 20.6 Å². The maximum atomic E-state index is 10.1. The Morgan fingerprint density at radius 2 is 2.09 bits per heavy atom. The molecule has 0 aromatic rings. The smallest absolute Gasteiger partial charge is 0.320 e. The summed E-state index contributed by atoms with van der Waals surface area (Å²) in [5.41, 5.74) is 5.15. The van der Waals surface area contributed by atoms with Gasteiger partial charge in [0.2, 0.25) is 0 Å². The number of carbonyl (C=O) groups is 1. The standard InChI is InChI=1S/C5H12NO4P/c6-4(5(7)8)2-1-3-11(9)10/h4,9-10H,1-3,6H2,(H,7,8). The molecule has 0 saturated heterocycles. The van der Waals surface area contributed by atoms with Crippen LogP contribution in [0.2, 0.25) is 0 Å². The topological polar surface area (TPSA) is 104 Å². The quantitative estimate of drug-likeness (QED) is 0.427. The number of hydrogen-bond acceptors (Lipinski definition) is 4. The SMILES string of the molecule is NC(CCCP(O)O)C(=O)O. The van der Waals surface area contributed by atoms with Gasteiger partial charge in [0.25, 0.3) is 0 Å². The van der Waals surface area contributed by atoms with Crippen LogP contribution in [0.1, 0.15) is 12.8 Å². The zero-order valence-electron chi connectivity index (χ0n) is 5.97. The van der Waals surface area contributed by atoms with Crippen molar-refractivity contribution >= 4 is 14.3 Å². The summed E-state index contributed by atoms with van der Waals surface area (Å²) >= 11 is 0. The Kier molecular flexibility index (Phi) is 5.32. The van der Waals surface area contributed by atoms with Crippen LogP contribution in [0.15, 0.2) is 0 Å². The van der Waals surface area contributed by atoms with E-state index in [1.54, 1.807) is 0 Å². The molecule has 0 radical (unpaired) electrons. The summed E-state index contributed by atoms with van der Waals surface area (Å²) in [6, 6.07) is -0.884. The highest BCUT2D eigenvalue weighted by Crippen LogP contribution is 2.24. The van der Waals surface area contributed by atoms with Gasteiger partial charge in [0.1, 0.15) is 6.04 Å². The molecule has 0 heterocycles. The molecule has 0 aliphatic rings. The number of carboxylic acids is 1. The van der Waals surface area contributed by atoms with Crippen LogP contribution < -0.4 is 5.73 Å². The predicted molar refractivity (Wildman–Crippen MR) is 41.1 cm³/mol. The summed E-state index contributed by atoms with van der Waals surface area (Å²) in [6.45, 7) is 0. The van der Waals surface area contributed by atoms with Gasteiger partial charge in [-0.25, -0.2) is 0 Å². The molecule has 0 saturated carbocycles. The highest BCUT2D eigenvalue weighted by Gasteiger charge is 2.11. The molecule has 0 rings (SSSR count). The first-order valence-electron chi connectivity index (χ1n) is 3.17. The lowest BCUT2D eigenvalue weighted by molar-refractivity contribution is -0.138. The van der Waals surface area contributed by atoms with Crippen molar-refractivity contribution in [1.82, 2.24) is 0 Å². The minimum absolute atomic E-state index is 0.232. The first-order chi connectivity index (χ1) is 5.04. The molecule has 5 N–H and O–H groups in total. The van der Waals surface area contributed by atoms with E-state index in [1.807, 2.05) is 0 Å². The minimum atomic E-state index is -1.90. The van der Waals surface area contributed by atoms with E-state index in [9.17, 15) is 4.79 Å². The van der Waals surface area contributed by atoms with E-state index in [0.29, 0.717) is 6.42 Å². The first kappa shape index (κ1) is 10.8. The van der Waals surface area contributed by atoms with Crippen molar-refractivity contribution in [3.8, 4) is 0 Å². The van der Waals surface area contributed by atoms with Gasteiger partial charge >= 0.3 is 5.97 Å². The molecule has 1 unspecified atom stereocenters. The Hall–Kier alpha value is -0.220. The zero-order chi connectivity index (χ0) is 8.85. The molecule has 0 aromatic heterocycles. The van der Waals surface area contributed by atoms with Gasteiger partial charge in [-0.05, 0) is 12.8 Å². The fourth-order valence-electron chi connectivity index (χ4n) is 0.576. The Balaban J connectivity index is 3.31. The van der Waals surface area contributed by atoms with E-state index in [4.69, 9.17) is 20.6 Å². The number of aliphatic carboxylic acids is 1. The van der Waals surface area contributed by atoms with Crippen LogP contribution in [-0.2, 0) is 4.79 Å². The molecule has 11 heavy (non-hydrogen) atoms. The van der Waals surface area contributed by atoms with Crippen LogP contribution in [0.3, 0.4) is 0 Å². The third kappa shape index (κ3) is 6.19. The maximum absolute atomic E-state index is 10.1. The molecule has 0 spiro atoms. The van der Waals surface area contributed by atoms with E-state index in [1.165, 1.54) is 0 Å². The second kappa shape index (κ2) is 5.43. The van der Waals surface area contributed by atoms with Gasteiger partial charge in [-0.1, -0.05) is 0 Å². The number of nitrogens with two attached hydrogens (primary N) is 1. The van der Waals surface area contributed by atoms with Crippen LogP contribution in [0.4, 0.5) is 0 Å². The van der Waals surface area contributed by atoms with E-state index in [2.05, 4.69) is 0 Å². The van der Waals surface area contributed by atoms with Crippen LogP contribution in [-0.4, -0.2) is 33.1 Å². The largest absolute Gasteiger partial charge is 0.480 e.